The number of thioether (sulfide) groups is 1. The number of benzene rings is 1. The minimum atomic E-state index is 0.0769. The lowest BCUT2D eigenvalue weighted by molar-refractivity contribution is -0.131. The Labute approximate surface area is 211 Å². The molecule has 0 atom stereocenters. The second-order valence-electron chi connectivity index (χ2n) is 9.37. The van der Waals surface area contributed by atoms with Crippen molar-refractivity contribution in [1.82, 2.24) is 24.2 Å². The van der Waals surface area contributed by atoms with E-state index in [1.165, 1.54) is 22.9 Å². The monoisotopic (exact) mass is 493 g/mol. The number of aromatic nitrogens is 4. The van der Waals surface area contributed by atoms with Crippen molar-refractivity contribution < 1.29 is 9.59 Å². The molecule has 1 aliphatic heterocycles. The zero-order valence-corrected chi connectivity index (χ0v) is 22.2. The van der Waals surface area contributed by atoms with E-state index >= 15 is 0 Å². The second-order valence-corrected chi connectivity index (χ2v) is 10.3. The third-order valence-electron chi connectivity index (χ3n) is 6.93. The molecule has 35 heavy (non-hydrogen) atoms. The van der Waals surface area contributed by atoms with Crippen LogP contribution in [-0.4, -0.2) is 48.2 Å². The number of likely N-dealkylation sites (tertiary alicyclic amines) is 1. The van der Waals surface area contributed by atoms with E-state index in [-0.39, 0.29) is 17.4 Å². The molecule has 1 aromatic carbocycles. The fourth-order valence-electron chi connectivity index (χ4n) is 4.75. The van der Waals surface area contributed by atoms with E-state index in [0.29, 0.717) is 19.5 Å². The van der Waals surface area contributed by atoms with Gasteiger partial charge in [0.05, 0.1) is 12.3 Å². The summed E-state index contributed by atoms with van der Waals surface area (Å²) in [5.74, 6) is 1.34. The molecule has 0 aliphatic carbocycles. The van der Waals surface area contributed by atoms with Gasteiger partial charge in [-0.25, -0.2) is 0 Å². The summed E-state index contributed by atoms with van der Waals surface area (Å²) in [5, 5.41) is 9.45. The topological polar surface area (TPSA) is 73.0 Å². The smallest absolute Gasteiger partial charge is 0.222 e. The van der Waals surface area contributed by atoms with Gasteiger partial charge in [0.15, 0.2) is 16.8 Å². The van der Waals surface area contributed by atoms with E-state index in [1.807, 2.05) is 36.3 Å². The maximum Gasteiger partial charge on any atom is 0.222 e. The highest BCUT2D eigenvalue weighted by Gasteiger charge is 2.22. The predicted molar refractivity (Wildman–Crippen MR) is 139 cm³/mol. The van der Waals surface area contributed by atoms with Gasteiger partial charge in [0.2, 0.25) is 5.91 Å². The van der Waals surface area contributed by atoms with Crippen LogP contribution in [0.2, 0.25) is 0 Å². The van der Waals surface area contributed by atoms with E-state index in [2.05, 4.69) is 46.8 Å². The molecular formula is C27H35N5O2S. The van der Waals surface area contributed by atoms with Gasteiger partial charge >= 0.3 is 0 Å². The van der Waals surface area contributed by atoms with Crippen molar-refractivity contribution in [3.63, 3.8) is 0 Å². The van der Waals surface area contributed by atoms with Gasteiger partial charge in [-0.05, 0) is 76.8 Å². The van der Waals surface area contributed by atoms with Crippen molar-refractivity contribution >= 4 is 23.5 Å². The number of nitrogens with zero attached hydrogens (tertiary/aromatic N) is 5. The molecule has 0 bridgehead atoms. The van der Waals surface area contributed by atoms with E-state index in [1.54, 1.807) is 0 Å². The first-order chi connectivity index (χ1) is 16.8. The number of hydrogen-bond acceptors (Lipinski definition) is 5. The van der Waals surface area contributed by atoms with E-state index in [4.69, 9.17) is 0 Å². The van der Waals surface area contributed by atoms with E-state index < -0.39 is 0 Å². The summed E-state index contributed by atoms with van der Waals surface area (Å²) in [4.78, 5) is 27.5. The van der Waals surface area contributed by atoms with Gasteiger partial charge in [-0.15, -0.1) is 10.2 Å². The van der Waals surface area contributed by atoms with Crippen LogP contribution in [0.3, 0.4) is 0 Å². The summed E-state index contributed by atoms with van der Waals surface area (Å²) in [5.41, 5.74) is 6.30. The molecule has 7 nitrogen and oxygen atoms in total. The number of hydrogen-bond donors (Lipinski definition) is 0. The normalized spacial score (nSPS) is 14.4. The van der Waals surface area contributed by atoms with Crippen LogP contribution in [-0.2, 0) is 17.9 Å². The number of amides is 1. The molecule has 1 saturated heterocycles. The van der Waals surface area contributed by atoms with Gasteiger partial charge in [0, 0.05) is 42.1 Å². The lowest BCUT2D eigenvalue weighted by atomic mass is 10.1. The third kappa shape index (κ3) is 5.37. The Hall–Kier alpha value is -2.87. The average molecular weight is 494 g/mol. The molecule has 1 fully saturated rings. The SMILES string of the molecule is CCn1c(CN2CCCCCC2=O)nnc1SCC(=O)c1cc(C)n(-c2ccc(C)c(C)c2)c1C. The highest BCUT2D eigenvalue weighted by atomic mass is 32.2. The fourth-order valence-corrected chi connectivity index (χ4v) is 5.66. The number of aryl methyl sites for hydroxylation is 3. The maximum atomic E-state index is 13.2. The summed E-state index contributed by atoms with van der Waals surface area (Å²) in [6.45, 7) is 12.2. The largest absolute Gasteiger partial charge is 0.335 e. The van der Waals surface area contributed by atoms with Gasteiger partial charge in [0.1, 0.15) is 0 Å². The average Bonchev–Trinajstić information content (AvgIpc) is 3.28. The fraction of sp³-hybridized carbons (Fsp3) is 0.481. The zero-order valence-electron chi connectivity index (χ0n) is 21.4. The quantitative estimate of drug-likeness (QED) is 0.319. The zero-order chi connectivity index (χ0) is 25.1. The highest BCUT2D eigenvalue weighted by Crippen LogP contribution is 2.26. The molecule has 0 N–H and O–H groups in total. The van der Waals surface area contributed by atoms with E-state index in [0.717, 1.165) is 59.4 Å². The molecule has 186 valence electrons. The molecule has 1 aliphatic rings. The van der Waals surface area contributed by atoms with Gasteiger partial charge in [-0.2, -0.15) is 0 Å². The number of carbonyl (C=O) groups is 2. The predicted octanol–water partition coefficient (Wildman–Crippen LogP) is 5.20. The van der Waals surface area contributed by atoms with Crippen molar-refractivity contribution in [3.8, 4) is 5.69 Å². The van der Waals surface area contributed by atoms with Crippen molar-refractivity contribution in [2.45, 2.75) is 78.5 Å². The molecule has 1 amide bonds. The molecular weight excluding hydrogens is 458 g/mol. The van der Waals surface area contributed by atoms with Gasteiger partial charge in [0.25, 0.3) is 0 Å². The minimum absolute atomic E-state index is 0.0769. The molecule has 0 unspecified atom stereocenters. The molecule has 3 aromatic rings. The third-order valence-corrected chi connectivity index (χ3v) is 7.89. The Morgan fingerprint density at radius 2 is 1.83 bits per heavy atom. The summed E-state index contributed by atoms with van der Waals surface area (Å²) in [6, 6.07) is 8.37. The van der Waals surface area contributed by atoms with E-state index in [9.17, 15) is 9.59 Å². The van der Waals surface area contributed by atoms with Crippen LogP contribution in [0.5, 0.6) is 0 Å². The molecule has 0 spiro atoms. The van der Waals surface area contributed by atoms with Crippen molar-refractivity contribution in [2.24, 2.45) is 0 Å². The summed E-state index contributed by atoms with van der Waals surface area (Å²) >= 11 is 1.41. The standard InChI is InChI=1S/C27H35N5O2S/c1-6-31-25(16-30-13-9-7-8-10-26(30)34)28-29-27(31)35-17-24(33)23-15-20(4)32(21(23)5)22-12-11-18(2)19(3)14-22/h11-12,14-15H,6-10,13,16-17H2,1-5H3. The van der Waals surface area contributed by atoms with Gasteiger partial charge < -0.3 is 14.0 Å². The van der Waals surface area contributed by atoms with Crippen LogP contribution in [0.15, 0.2) is 29.4 Å². The lowest BCUT2D eigenvalue weighted by Gasteiger charge is -2.20. The Bertz CT molecular complexity index is 1240. The lowest BCUT2D eigenvalue weighted by Crippen LogP contribution is -2.31. The summed E-state index contributed by atoms with van der Waals surface area (Å²) in [6.07, 6.45) is 3.69. The van der Waals surface area contributed by atoms with Crippen LogP contribution in [0.25, 0.3) is 5.69 Å². The molecule has 0 radical (unpaired) electrons. The summed E-state index contributed by atoms with van der Waals surface area (Å²) < 4.78 is 4.17. The van der Waals surface area contributed by atoms with Crippen LogP contribution in [0.4, 0.5) is 0 Å². The summed E-state index contributed by atoms with van der Waals surface area (Å²) in [7, 11) is 0. The van der Waals surface area contributed by atoms with Crippen LogP contribution in [0, 0.1) is 27.7 Å². The Morgan fingerprint density at radius 3 is 2.57 bits per heavy atom. The molecule has 4 rings (SSSR count). The van der Waals surface area contributed by atoms with Crippen LogP contribution >= 0.6 is 11.8 Å². The second kappa shape index (κ2) is 10.8. The first-order valence-electron chi connectivity index (χ1n) is 12.4. The molecule has 3 heterocycles. The number of carbonyl (C=O) groups excluding carboxylic acids is 2. The highest BCUT2D eigenvalue weighted by molar-refractivity contribution is 7.99. The minimum Gasteiger partial charge on any atom is -0.335 e. The number of Topliss-reactive ketones (excluding diaryl/α,β-unsaturated/α-hetero) is 1. The molecule has 2 aromatic heterocycles. The van der Waals surface area contributed by atoms with Gasteiger partial charge in [-0.1, -0.05) is 24.2 Å². The Morgan fingerprint density at radius 1 is 1.03 bits per heavy atom. The first-order valence-corrected chi connectivity index (χ1v) is 13.4. The molecule has 0 saturated carbocycles. The Balaban J connectivity index is 1.48. The number of rotatable bonds is 8. The van der Waals surface area contributed by atoms with Crippen molar-refractivity contribution in [2.75, 3.05) is 12.3 Å². The van der Waals surface area contributed by atoms with Crippen LogP contribution < -0.4 is 0 Å². The maximum absolute atomic E-state index is 13.2. The van der Waals surface area contributed by atoms with Crippen molar-refractivity contribution in [1.29, 1.82) is 0 Å². The molecule has 8 heteroatoms. The van der Waals surface area contributed by atoms with Crippen molar-refractivity contribution in [3.05, 3.63) is 58.2 Å². The van der Waals surface area contributed by atoms with Gasteiger partial charge in [-0.3, -0.25) is 9.59 Å². The first kappa shape index (κ1) is 25.2. The van der Waals surface area contributed by atoms with Crippen LogP contribution in [0.1, 0.15) is 71.3 Å². The Kier molecular flexibility index (Phi) is 7.79. The number of ketones is 1.